The lowest BCUT2D eigenvalue weighted by Gasteiger charge is -2.26. The topological polar surface area (TPSA) is 85.8 Å². The quantitative estimate of drug-likeness (QED) is 0.761. The fourth-order valence-electron chi connectivity index (χ4n) is 1.96. The number of nitrogens with one attached hydrogen (secondary N) is 1. The maximum Gasteiger partial charge on any atom is 0.320 e. The van der Waals surface area contributed by atoms with Gasteiger partial charge in [0.2, 0.25) is 5.88 Å². The minimum atomic E-state index is -0.276. The molecule has 1 aliphatic rings. The first-order chi connectivity index (χ1) is 10.2. The zero-order valence-electron chi connectivity index (χ0n) is 12.3. The molecule has 2 rings (SSSR count). The van der Waals surface area contributed by atoms with Crippen molar-refractivity contribution in [3.05, 3.63) is 11.8 Å². The van der Waals surface area contributed by atoms with Crippen LogP contribution in [0.1, 0.15) is 10.5 Å². The van der Waals surface area contributed by atoms with Crippen LogP contribution in [0.25, 0.3) is 0 Å². The lowest BCUT2D eigenvalue weighted by molar-refractivity contribution is 0.0383. The highest BCUT2D eigenvalue weighted by Gasteiger charge is 2.14. The van der Waals surface area contributed by atoms with Crippen molar-refractivity contribution in [2.24, 2.45) is 0 Å². The SMILES string of the molecule is COc1cc(C(=O)NCCN2CCOCC2)nc(OC)n1. The number of amides is 1. The third-order valence-corrected chi connectivity index (χ3v) is 3.12. The highest BCUT2D eigenvalue weighted by molar-refractivity contribution is 5.92. The summed E-state index contributed by atoms with van der Waals surface area (Å²) in [6.07, 6.45) is 0. The molecule has 0 bridgehead atoms. The van der Waals surface area contributed by atoms with Crippen molar-refractivity contribution >= 4 is 5.91 Å². The molecule has 116 valence electrons. The zero-order chi connectivity index (χ0) is 15.1. The normalized spacial score (nSPS) is 15.5. The molecule has 0 spiro atoms. The largest absolute Gasteiger partial charge is 0.481 e. The average molecular weight is 296 g/mol. The van der Waals surface area contributed by atoms with E-state index in [0.717, 1.165) is 32.8 Å². The van der Waals surface area contributed by atoms with Gasteiger partial charge in [-0.05, 0) is 0 Å². The number of carbonyl (C=O) groups is 1. The Balaban J connectivity index is 1.87. The van der Waals surface area contributed by atoms with Crippen LogP contribution >= 0.6 is 0 Å². The Morgan fingerprint density at radius 2 is 2.10 bits per heavy atom. The number of morpholine rings is 1. The first-order valence-corrected chi connectivity index (χ1v) is 6.78. The summed E-state index contributed by atoms with van der Waals surface area (Å²) in [6.45, 7) is 4.61. The van der Waals surface area contributed by atoms with Crippen LogP contribution in [-0.4, -0.2) is 74.4 Å². The van der Waals surface area contributed by atoms with Crippen LogP contribution in [0.4, 0.5) is 0 Å². The van der Waals surface area contributed by atoms with Gasteiger partial charge in [-0.1, -0.05) is 0 Å². The van der Waals surface area contributed by atoms with Gasteiger partial charge < -0.3 is 19.5 Å². The summed E-state index contributed by atoms with van der Waals surface area (Å²) in [6, 6.07) is 1.58. The van der Waals surface area contributed by atoms with Crippen molar-refractivity contribution in [2.45, 2.75) is 0 Å². The molecule has 0 radical (unpaired) electrons. The molecule has 1 N–H and O–H groups in total. The Kier molecular flexibility index (Phi) is 5.70. The molecule has 1 amide bonds. The molecule has 1 aromatic rings. The molecule has 0 atom stereocenters. The molecule has 0 aliphatic carbocycles. The van der Waals surface area contributed by atoms with Gasteiger partial charge in [0, 0.05) is 32.2 Å². The maximum atomic E-state index is 12.1. The minimum Gasteiger partial charge on any atom is -0.481 e. The first-order valence-electron chi connectivity index (χ1n) is 6.78. The number of ether oxygens (including phenoxy) is 3. The van der Waals surface area contributed by atoms with Crippen molar-refractivity contribution in [3.63, 3.8) is 0 Å². The molecule has 21 heavy (non-hydrogen) atoms. The van der Waals surface area contributed by atoms with Gasteiger partial charge in [-0.15, -0.1) is 0 Å². The number of nitrogens with zero attached hydrogens (tertiary/aromatic N) is 3. The van der Waals surface area contributed by atoms with E-state index in [2.05, 4.69) is 20.2 Å². The van der Waals surface area contributed by atoms with Crippen molar-refractivity contribution in [1.82, 2.24) is 20.2 Å². The third kappa shape index (κ3) is 4.54. The molecule has 1 fully saturated rings. The number of methoxy groups -OCH3 is 2. The minimum absolute atomic E-state index is 0.104. The predicted octanol–water partition coefficient (Wildman–Crippen LogP) is -0.444. The van der Waals surface area contributed by atoms with Crippen LogP contribution in [-0.2, 0) is 4.74 Å². The first kappa shape index (κ1) is 15.5. The standard InChI is InChI=1S/C13H20N4O4/c1-19-11-9-10(15-13(16-11)20-2)12(18)14-3-4-17-5-7-21-8-6-17/h9H,3-8H2,1-2H3,(H,14,18). The van der Waals surface area contributed by atoms with E-state index in [-0.39, 0.29) is 17.6 Å². The smallest absolute Gasteiger partial charge is 0.320 e. The molecule has 1 aromatic heterocycles. The van der Waals surface area contributed by atoms with E-state index in [1.807, 2.05) is 0 Å². The second-order valence-electron chi connectivity index (χ2n) is 4.49. The average Bonchev–Trinajstić information content (AvgIpc) is 2.55. The van der Waals surface area contributed by atoms with E-state index in [1.165, 1.54) is 20.3 Å². The summed E-state index contributed by atoms with van der Waals surface area (Å²) < 4.78 is 15.2. The Morgan fingerprint density at radius 3 is 2.76 bits per heavy atom. The summed E-state index contributed by atoms with van der Waals surface area (Å²) in [5.41, 5.74) is 0.223. The Bertz CT molecular complexity index is 455. The van der Waals surface area contributed by atoms with Crippen molar-refractivity contribution in [1.29, 1.82) is 0 Å². The molecular formula is C13H20N4O4. The molecule has 2 heterocycles. The van der Waals surface area contributed by atoms with Gasteiger partial charge in [-0.25, -0.2) is 0 Å². The van der Waals surface area contributed by atoms with E-state index < -0.39 is 0 Å². The van der Waals surface area contributed by atoms with E-state index in [4.69, 9.17) is 14.2 Å². The summed E-state index contributed by atoms with van der Waals surface area (Å²) in [4.78, 5) is 22.3. The van der Waals surface area contributed by atoms with Crippen LogP contribution < -0.4 is 14.8 Å². The van der Waals surface area contributed by atoms with Gasteiger partial charge >= 0.3 is 6.01 Å². The summed E-state index contributed by atoms with van der Waals surface area (Å²) in [5.74, 6) is 0.0161. The Hall–Kier alpha value is -1.93. The van der Waals surface area contributed by atoms with Crippen LogP contribution in [0.5, 0.6) is 11.9 Å². The summed E-state index contributed by atoms with van der Waals surface area (Å²) >= 11 is 0. The van der Waals surface area contributed by atoms with Crippen molar-refractivity contribution in [3.8, 4) is 11.9 Å². The molecule has 0 unspecified atom stereocenters. The van der Waals surface area contributed by atoms with Crippen LogP contribution in [0.15, 0.2) is 6.07 Å². The molecule has 8 nitrogen and oxygen atoms in total. The molecular weight excluding hydrogens is 276 g/mol. The van der Waals surface area contributed by atoms with E-state index >= 15 is 0 Å². The van der Waals surface area contributed by atoms with Gasteiger partial charge in [-0.3, -0.25) is 9.69 Å². The lowest BCUT2D eigenvalue weighted by atomic mass is 10.3. The van der Waals surface area contributed by atoms with Crippen LogP contribution in [0, 0.1) is 0 Å². The second-order valence-corrected chi connectivity index (χ2v) is 4.49. The predicted molar refractivity (Wildman–Crippen MR) is 74.7 cm³/mol. The molecule has 8 heteroatoms. The van der Waals surface area contributed by atoms with Gasteiger partial charge in [-0.2, -0.15) is 9.97 Å². The van der Waals surface area contributed by atoms with Crippen LogP contribution in [0.3, 0.4) is 0 Å². The number of rotatable bonds is 6. The summed E-state index contributed by atoms with van der Waals surface area (Å²) in [7, 11) is 2.91. The third-order valence-electron chi connectivity index (χ3n) is 3.12. The molecule has 0 saturated carbocycles. The number of carbonyl (C=O) groups excluding carboxylic acids is 1. The Labute approximate surface area is 123 Å². The number of aromatic nitrogens is 2. The van der Waals surface area contributed by atoms with Gasteiger partial charge in [0.25, 0.3) is 5.91 Å². The zero-order valence-corrected chi connectivity index (χ0v) is 12.3. The van der Waals surface area contributed by atoms with E-state index in [9.17, 15) is 4.79 Å². The highest BCUT2D eigenvalue weighted by Crippen LogP contribution is 2.13. The van der Waals surface area contributed by atoms with E-state index in [0.29, 0.717) is 12.4 Å². The fourth-order valence-corrected chi connectivity index (χ4v) is 1.96. The fraction of sp³-hybridized carbons (Fsp3) is 0.615. The number of hydrogen-bond acceptors (Lipinski definition) is 7. The molecule has 0 aromatic carbocycles. The van der Waals surface area contributed by atoms with Crippen LogP contribution in [0.2, 0.25) is 0 Å². The Morgan fingerprint density at radius 1 is 1.33 bits per heavy atom. The second kappa shape index (κ2) is 7.75. The lowest BCUT2D eigenvalue weighted by Crippen LogP contribution is -2.41. The summed E-state index contributed by atoms with van der Waals surface area (Å²) in [5, 5.41) is 2.83. The number of hydrogen-bond donors (Lipinski definition) is 1. The molecule has 1 saturated heterocycles. The van der Waals surface area contributed by atoms with Crippen molar-refractivity contribution < 1.29 is 19.0 Å². The van der Waals surface area contributed by atoms with Gasteiger partial charge in [0.05, 0.1) is 27.4 Å². The van der Waals surface area contributed by atoms with Gasteiger partial charge in [0.15, 0.2) is 0 Å². The van der Waals surface area contributed by atoms with Crippen molar-refractivity contribution in [2.75, 3.05) is 53.6 Å². The monoisotopic (exact) mass is 296 g/mol. The highest BCUT2D eigenvalue weighted by atomic mass is 16.5. The maximum absolute atomic E-state index is 12.1. The van der Waals surface area contributed by atoms with E-state index in [1.54, 1.807) is 0 Å². The molecule has 1 aliphatic heterocycles. The van der Waals surface area contributed by atoms with Gasteiger partial charge in [0.1, 0.15) is 5.69 Å².